The normalized spacial score (nSPS) is 11.2. The zero-order valence-corrected chi connectivity index (χ0v) is 17.0. The molecule has 1 amide bonds. The summed E-state index contributed by atoms with van der Waals surface area (Å²) in [6, 6.07) is 8.03. The number of hydrogen-bond donors (Lipinski definition) is 1. The highest BCUT2D eigenvalue weighted by Crippen LogP contribution is 2.27. The fraction of sp³-hybridized carbons (Fsp3) is 0.300. The molecule has 0 saturated heterocycles. The van der Waals surface area contributed by atoms with E-state index in [1.807, 2.05) is 48.3 Å². The van der Waals surface area contributed by atoms with Crippen molar-refractivity contribution >= 4 is 33.4 Å². The van der Waals surface area contributed by atoms with E-state index in [1.165, 1.54) is 11.3 Å². The van der Waals surface area contributed by atoms with Crippen molar-refractivity contribution in [1.82, 2.24) is 24.3 Å². The van der Waals surface area contributed by atoms with Crippen molar-refractivity contribution < 1.29 is 4.79 Å². The van der Waals surface area contributed by atoms with E-state index in [2.05, 4.69) is 31.9 Å². The highest BCUT2D eigenvalue weighted by Gasteiger charge is 2.14. The van der Waals surface area contributed by atoms with Crippen molar-refractivity contribution in [2.24, 2.45) is 7.05 Å². The molecule has 1 aromatic carbocycles. The Morgan fingerprint density at radius 2 is 2.07 bits per heavy atom. The van der Waals surface area contributed by atoms with Crippen LogP contribution in [-0.4, -0.2) is 30.2 Å². The van der Waals surface area contributed by atoms with Gasteiger partial charge in [-0.1, -0.05) is 19.1 Å². The number of aromatic nitrogens is 5. The first-order valence-corrected chi connectivity index (χ1v) is 10.1. The number of fused-ring (bicyclic) bond motifs is 1. The first-order valence-electron chi connectivity index (χ1n) is 9.25. The Bertz CT molecular complexity index is 1140. The van der Waals surface area contributed by atoms with Crippen LogP contribution in [0.2, 0.25) is 0 Å². The van der Waals surface area contributed by atoms with Crippen LogP contribution in [0.4, 0.5) is 5.13 Å². The lowest BCUT2D eigenvalue weighted by Gasteiger charge is -2.08. The van der Waals surface area contributed by atoms with Crippen LogP contribution in [0.25, 0.3) is 22.3 Å². The van der Waals surface area contributed by atoms with Crippen LogP contribution in [0.3, 0.4) is 0 Å². The zero-order valence-electron chi connectivity index (χ0n) is 16.1. The zero-order chi connectivity index (χ0) is 19.7. The number of rotatable bonds is 6. The van der Waals surface area contributed by atoms with Gasteiger partial charge in [0, 0.05) is 43.1 Å². The van der Waals surface area contributed by atoms with Crippen molar-refractivity contribution in [2.75, 3.05) is 5.32 Å². The molecule has 1 N–H and O–H groups in total. The fourth-order valence-electron chi connectivity index (χ4n) is 3.24. The molecule has 144 valence electrons. The van der Waals surface area contributed by atoms with Crippen LogP contribution in [-0.2, 0) is 24.8 Å². The third-order valence-corrected chi connectivity index (χ3v) is 5.63. The van der Waals surface area contributed by atoms with Crippen molar-refractivity contribution in [2.45, 2.75) is 33.2 Å². The molecule has 28 heavy (non-hydrogen) atoms. The first-order chi connectivity index (χ1) is 13.6. The van der Waals surface area contributed by atoms with E-state index in [0.717, 1.165) is 40.2 Å². The summed E-state index contributed by atoms with van der Waals surface area (Å²) in [7, 11) is 1.90. The summed E-state index contributed by atoms with van der Waals surface area (Å²) in [6.07, 6.45) is 3.00. The third kappa shape index (κ3) is 3.43. The van der Waals surface area contributed by atoms with Crippen LogP contribution in [0, 0.1) is 6.92 Å². The van der Waals surface area contributed by atoms with E-state index in [1.54, 1.807) is 6.20 Å². The Kier molecular flexibility index (Phi) is 4.95. The van der Waals surface area contributed by atoms with E-state index in [0.29, 0.717) is 18.1 Å². The second-order valence-corrected chi connectivity index (χ2v) is 7.48. The van der Waals surface area contributed by atoms with Crippen LogP contribution < -0.4 is 5.32 Å². The van der Waals surface area contributed by atoms with Gasteiger partial charge in [0.2, 0.25) is 5.91 Å². The predicted molar refractivity (Wildman–Crippen MR) is 111 cm³/mol. The number of benzene rings is 1. The number of imidazole rings is 1. The molecule has 7 nitrogen and oxygen atoms in total. The van der Waals surface area contributed by atoms with Crippen LogP contribution in [0.1, 0.15) is 24.9 Å². The highest BCUT2D eigenvalue weighted by atomic mass is 32.1. The molecule has 0 atom stereocenters. The van der Waals surface area contributed by atoms with Gasteiger partial charge >= 0.3 is 0 Å². The van der Waals surface area contributed by atoms with Gasteiger partial charge in [-0.3, -0.25) is 9.48 Å². The molecule has 0 spiro atoms. The summed E-state index contributed by atoms with van der Waals surface area (Å²) < 4.78 is 3.94. The Hall–Kier alpha value is -3.00. The molecule has 0 aliphatic rings. The predicted octanol–water partition coefficient (Wildman–Crippen LogP) is 3.79. The number of hydrogen-bond acceptors (Lipinski definition) is 5. The maximum atomic E-state index is 12.5. The number of para-hydroxylation sites is 2. The van der Waals surface area contributed by atoms with Crippen LogP contribution in [0.15, 0.2) is 35.8 Å². The third-order valence-electron chi connectivity index (χ3n) is 4.87. The average Bonchev–Trinajstić information content (AvgIpc) is 3.38. The lowest BCUT2D eigenvalue weighted by molar-refractivity contribution is -0.116. The van der Waals surface area contributed by atoms with E-state index in [-0.39, 0.29) is 5.91 Å². The van der Waals surface area contributed by atoms with Crippen molar-refractivity contribution in [3.8, 4) is 11.3 Å². The van der Waals surface area contributed by atoms with Crippen molar-refractivity contribution in [1.29, 1.82) is 0 Å². The van der Waals surface area contributed by atoms with Gasteiger partial charge in [-0.05, 0) is 19.1 Å². The maximum Gasteiger partial charge on any atom is 0.227 e. The second-order valence-electron chi connectivity index (χ2n) is 6.63. The monoisotopic (exact) mass is 394 g/mol. The molecule has 8 heteroatoms. The molecule has 0 bridgehead atoms. The number of nitrogens with one attached hydrogen (secondary N) is 1. The number of aryl methyl sites for hydroxylation is 3. The van der Waals surface area contributed by atoms with Crippen LogP contribution >= 0.6 is 11.3 Å². The van der Waals surface area contributed by atoms with E-state index in [9.17, 15) is 4.79 Å². The van der Waals surface area contributed by atoms with E-state index < -0.39 is 0 Å². The molecule has 0 unspecified atom stereocenters. The molecule has 3 heterocycles. The Morgan fingerprint density at radius 3 is 2.82 bits per heavy atom. The van der Waals surface area contributed by atoms with Gasteiger partial charge in [-0.25, -0.2) is 9.97 Å². The van der Waals surface area contributed by atoms with Crippen molar-refractivity contribution in [3.05, 3.63) is 47.4 Å². The summed E-state index contributed by atoms with van der Waals surface area (Å²) in [4.78, 5) is 21.7. The lowest BCUT2D eigenvalue weighted by Crippen LogP contribution is -2.15. The largest absolute Gasteiger partial charge is 0.327 e. The van der Waals surface area contributed by atoms with Gasteiger partial charge in [0.1, 0.15) is 5.82 Å². The number of thiazole rings is 1. The molecule has 0 aliphatic carbocycles. The molecule has 0 fully saturated rings. The van der Waals surface area contributed by atoms with Gasteiger partial charge in [0.25, 0.3) is 0 Å². The maximum absolute atomic E-state index is 12.5. The Labute approximate surface area is 167 Å². The molecular weight excluding hydrogens is 372 g/mol. The van der Waals surface area contributed by atoms with Gasteiger partial charge < -0.3 is 9.88 Å². The molecule has 4 rings (SSSR count). The van der Waals surface area contributed by atoms with Gasteiger partial charge in [-0.15, -0.1) is 11.3 Å². The quantitative estimate of drug-likeness (QED) is 0.540. The highest BCUT2D eigenvalue weighted by molar-refractivity contribution is 7.14. The number of nitrogens with zero attached hydrogens (tertiary/aromatic N) is 5. The minimum atomic E-state index is -0.0522. The van der Waals surface area contributed by atoms with Crippen LogP contribution in [0.5, 0.6) is 0 Å². The topological polar surface area (TPSA) is 77.6 Å². The summed E-state index contributed by atoms with van der Waals surface area (Å²) >= 11 is 1.42. The van der Waals surface area contributed by atoms with Crippen molar-refractivity contribution in [3.63, 3.8) is 0 Å². The first kappa shape index (κ1) is 18.4. The van der Waals surface area contributed by atoms with Gasteiger partial charge in [0.15, 0.2) is 5.13 Å². The molecule has 0 saturated carbocycles. The molecule has 4 aromatic rings. The smallest absolute Gasteiger partial charge is 0.227 e. The minimum absolute atomic E-state index is 0.0522. The molecular formula is C20H22N6OS. The summed E-state index contributed by atoms with van der Waals surface area (Å²) in [6.45, 7) is 4.67. The lowest BCUT2D eigenvalue weighted by atomic mass is 10.2. The fourth-order valence-corrected chi connectivity index (χ4v) is 3.97. The van der Waals surface area contributed by atoms with E-state index >= 15 is 0 Å². The Morgan fingerprint density at radius 1 is 1.25 bits per heavy atom. The molecule has 0 aliphatic heterocycles. The SMILES string of the molecule is CCc1nc2ccccc2n1CCC(=O)Nc1nc(-c2cnn(C)c2C)cs1. The second kappa shape index (κ2) is 7.55. The minimum Gasteiger partial charge on any atom is -0.327 e. The number of carbonyl (C=O) groups excluding carboxylic acids is 1. The standard InChI is InChI=1S/C20H22N6OS/c1-4-18-22-15-7-5-6-8-17(15)26(18)10-9-19(27)24-20-23-16(12-28-20)14-11-21-25(3)13(14)2/h5-8,11-12H,4,9-10H2,1-3H3,(H,23,24,27). The molecule has 3 aromatic heterocycles. The van der Waals surface area contributed by atoms with E-state index in [4.69, 9.17) is 0 Å². The summed E-state index contributed by atoms with van der Waals surface area (Å²) in [5.74, 6) is 0.946. The average molecular weight is 395 g/mol. The molecule has 0 radical (unpaired) electrons. The number of amides is 1. The summed E-state index contributed by atoms with van der Waals surface area (Å²) in [5, 5.41) is 9.71. The van der Waals surface area contributed by atoms with Gasteiger partial charge in [-0.2, -0.15) is 5.10 Å². The summed E-state index contributed by atoms with van der Waals surface area (Å²) in [5.41, 5.74) is 4.89. The van der Waals surface area contributed by atoms with Gasteiger partial charge in [0.05, 0.1) is 22.9 Å². The Balaban J connectivity index is 1.44. The number of anilines is 1. The number of carbonyl (C=O) groups is 1.